The van der Waals surface area contributed by atoms with E-state index in [0.717, 1.165) is 27.8 Å². The quantitative estimate of drug-likeness (QED) is 0.724. The van der Waals surface area contributed by atoms with Crippen LogP contribution in [0.3, 0.4) is 0 Å². The molecule has 21 heavy (non-hydrogen) atoms. The Labute approximate surface area is 124 Å². The Hall–Kier alpha value is -2.47. The number of benzene rings is 2. The van der Waals surface area contributed by atoms with E-state index in [9.17, 15) is 9.90 Å². The molecule has 0 bridgehead atoms. The second-order valence-electron chi connectivity index (χ2n) is 5.06. The van der Waals surface area contributed by atoms with Crippen LogP contribution in [0.2, 0.25) is 0 Å². The number of carbonyl (C=O) groups is 1. The SMILES string of the molecule is O=C1C[C@H](c2ccc(O)cc2)c2c(ccc3nsnc23)N1. The summed E-state index contributed by atoms with van der Waals surface area (Å²) in [6.07, 6.45) is 0.369. The number of fused-ring (bicyclic) bond motifs is 3. The van der Waals surface area contributed by atoms with Crippen molar-refractivity contribution in [3.8, 4) is 5.75 Å². The maximum absolute atomic E-state index is 12.0. The number of phenolic OH excluding ortho intramolecular Hbond substituents is 1. The van der Waals surface area contributed by atoms with Crippen LogP contribution in [-0.4, -0.2) is 19.8 Å². The van der Waals surface area contributed by atoms with E-state index in [2.05, 4.69) is 14.1 Å². The van der Waals surface area contributed by atoms with Gasteiger partial charge in [-0.1, -0.05) is 12.1 Å². The summed E-state index contributed by atoms with van der Waals surface area (Å²) in [5.41, 5.74) is 4.48. The van der Waals surface area contributed by atoms with E-state index in [-0.39, 0.29) is 17.6 Å². The number of aromatic nitrogens is 2. The fraction of sp³-hybridized carbons (Fsp3) is 0.133. The van der Waals surface area contributed by atoms with E-state index in [1.165, 1.54) is 11.7 Å². The van der Waals surface area contributed by atoms with E-state index >= 15 is 0 Å². The highest BCUT2D eigenvalue weighted by Crippen LogP contribution is 2.41. The van der Waals surface area contributed by atoms with E-state index in [4.69, 9.17) is 0 Å². The molecule has 1 amide bonds. The summed E-state index contributed by atoms with van der Waals surface area (Å²) in [5.74, 6) is 0.137. The fourth-order valence-electron chi connectivity index (χ4n) is 2.81. The molecule has 0 unspecified atom stereocenters. The number of phenols is 1. The topological polar surface area (TPSA) is 75.1 Å². The minimum absolute atomic E-state index is 0.0110. The Kier molecular flexibility index (Phi) is 2.65. The number of rotatable bonds is 1. The lowest BCUT2D eigenvalue weighted by Gasteiger charge is -2.26. The number of aromatic hydroxyl groups is 1. The van der Waals surface area contributed by atoms with E-state index in [1.807, 2.05) is 24.3 Å². The van der Waals surface area contributed by atoms with Crippen LogP contribution in [0.1, 0.15) is 23.5 Å². The van der Waals surface area contributed by atoms with Crippen LogP contribution < -0.4 is 5.32 Å². The van der Waals surface area contributed by atoms with Crippen molar-refractivity contribution in [2.75, 3.05) is 5.32 Å². The molecule has 104 valence electrons. The molecule has 1 atom stereocenters. The predicted octanol–water partition coefficient (Wildman–Crippen LogP) is 2.87. The molecule has 0 spiro atoms. The lowest BCUT2D eigenvalue weighted by Crippen LogP contribution is -2.23. The van der Waals surface area contributed by atoms with Gasteiger partial charge in [0, 0.05) is 23.6 Å². The van der Waals surface area contributed by atoms with Gasteiger partial charge in [-0.3, -0.25) is 4.79 Å². The molecule has 0 saturated heterocycles. The Balaban J connectivity index is 1.95. The van der Waals surface area contributed by atoms with Gasteiger partial charge in [-0.15, -0.1) is 0 Å². The Bertz CT molecular complexity index is 842. The monoisotopic (exact) mass is 297 g/mol. The average molecular weight is 297 g/mol. The van der Waals surface area contributed by atoms with Crippen molar-refractivity contribution >= 4 is 34.4 Å². The number of hydrogen-bond donors (Lipinski definition) is 2. The van der Waals surface area contributed by atoms with Crippen LogP contribution >= 0.6 is 11.7 Å². The summed E-state index contributed by atoms with van der Waals surface area (Å²) < 4.78 is 8.65. The van der Waals surface area contributed by atoms with Gasteiger partial charge >= 0.3 is 0 Å². The Morgan fingerprint density at radius 2 is 1.95 bits per heavy atom. The van der Waals surface area contributed by atoms with Gasteiger partial charge in [0.05, 0.1) is 11.7 Å². The first kappa shape index (κ1) is 12.3. The number of nitrogens with zero attached hydrogens (tertiary/aromatic N) is 2. The van der Waals surface area contributed by atoms with Crippen LogP contribution in [-0.2, 0) is 4.79 Å². The first-order chi connectivity index (χ1) is 10.2. The smallest absolute Gasteiger partial charge is 0.225 e. The molecule has 2 heterocycles. The van der Waals surface area contributed by atoms with Crippen LogP contribution in [0.5, 0.6) is 5.75 Å². The van der Waals surface area contributed by atoms with Gasteiger partial charge < -0.3 is 10.4 Å². The lowest BCUT2D eigenvalue weighted by molar-refractivity contribution is -0.116. The molecule has 6 heteroatoms. The summed E-state index contributed by atoms with van der Waals surface area (Å²) in [5, 5.41) is 12.3. The summed E-state index contributed by atoms with van der Waals surface area (Å²) in [6.45, 7) is 0. The third kappa shape index (κ3) is 1.95. The van der Waals surface area contributed by atoms with Gasteiger partial charge in [0.25, 0.3) is 0 Å². The van der Waals surface area contributed by atoms with Crippen molar-refractivity contribution in [2.24, 2.45) is 0 Å². The van der Waals surface area contributed by atoms with Gasteiger partial charge in [-0.2, -0.15) is 8.75 Å². The normalized spacial score (nSPS) is 17.5. The Morgan fingerprint density at radius 1 is 1.14 bits per heavy atom. The van der Waals surface area contributed by atoms with E-state index < -0.39 is 0 Å². The lowest BCUT2D eigenvalue weighted by atomic mass is 9.84. The molecule has 3 aromatic rings. The molecule has 2 aromatic carbocycles. The molecular weight excluding hydrogens is 286 g/mol. The van der Waals surface area contributed by atoms with Crippen LogP contribution in [0.25, 0.3) is 11.0 Å². The zero-order valence-corrected chi connectivity index (χ0v) is 11.7. The van der Waals surface area contributed by atoms with E-state index in [1.54, 1.807) is 12.1 Å². The number of anilines is 1. The van der Waals surface area contributed by atoms with Gasteiger partial charge in [-0.25, -0.2) is 0 Å². The van der Waals surface area contributed by atoms with Crippen LogP contribution in [0.4, 0.5) is 5.69 Å². The molecular formula is C15H11N3O2S. The van der Waals surface area contributed by atoms with Gasteiger partial charge in [-0.05, 0) is 29.8 Å². The van der Waals surface area contributed by atoms with Crippen molar-refractivity contribution in [2.45, 2.75) is 12.3 Å². The third-order valence-corrected chi connectivity index (χ3v) is 4.32. The molecule has 0 saturated carbocycles. The molecule has 1 aliphatic heterocycles. The van der Waals surface area contributed by atoms with Gasteiger partial charge in [0.15, 0.2) is 0 Å². The summed E-state index contributed by atoms with van der Waals surface area (Å²) >= 11 is 1.17. The second-order valence-corrected chi connectivity index (χ2v) is 5.58. The Morgan fingerprint density at radius 3 is 2.76 bits per heavy atom. The summed E-state index contributed by atoms with van der Waals surface area (Å²) in [7, 11) is 0. The standard InChI is InChI=1S/C15H11N3O2S/c19-9-3-1-8(2-4-9)10-7-13(20)16-11-5-6-12-15(14(10)11)18-21-17-12/h1-6,10,19H,7H2,(H,16,20)/t10-/m1/s1. The van der Waals surface area contributed by atoms with Crippen LogP contribution in [0, 0.1) is 0 Å². The number of amides is 1. The zero-order chi connectivity index (χ0) is 14.4. The average Bonchev–Trinajstić information content (AvgIpc) is 2.95. The predicted molar refractivity (Wildman–Crippen MR) is 80.6 cm³/mol. The fourth-order valence-corrected chi connectivity index (χ4v) is 3.36. The first-order valence-corrected chi connectivity index (χ1v) is 7.29. The minimum Gasteiger partial charge on any atom is -0.508 e. The largest absolute Gasteiger partial charge is 0.508 e. The number of nitrogens with one attached hydrogen (secondary N) is 1. The molecule has 1 aromatic heterocycles. The van der Waals surface area contributed by atoms with Crippen LogP contribution in [0.15, 0.2) is 36.4 Å². The van der Waals surface area contributed by atoms with Crippen molar-refractivity contribution in [3.63, 3.8) is 0 Å². The zero-order valence-electron chi connectivity index (χ0n) is 10.9. The highest BCUT2D eigenvalue weighted by atomic mass is 32.1. The van der Waals surface area contributed by atoms with Crippen molar-refractivity contribution < 1.29 is 9.90 Å². The maximum Gasteiger partial charge on any atom is 0.225 e. The second kappa shape index (κ2) is 4.53. The number of hydrogen-bond acceptors (Lipinski definition) is 5. The first-order valence-electron chi connectivity index (χ1n) is 6.56. The number of carbonyl (C=O) groups excluding carboxylic acids is 1. The van der Waals surface area contributed by atoms with Crippen molar-refractivity contribution in [3.05, 3.63) is 47.5 Å². The highest BCUT2D eigenvalue weighted by Gasteiger charge is 2.29. The van der Waals surface area contributed by atoms with Crippen molar-refractivity contribution in [1.82, 2.24) is 8.75 Å². The molecule has 0 aliphatic carbocycles. The molecule has 4 rings (SSSR count). The molecule has 0 fully saturated rings. The molecule has 2 N–H and O–H groups in total. The third-order valence-electron chi connectivity index (χ3n) is 3.77. The van der Waals surface area contributed by atoms with Crippen molar-refractivity contribution in [1.29, 1.82) is 0 Å². The maximum atomic E-state index is 12.0. The summed E-state index contributed by atoms with van der Waals surface area (Å²) in [4.78, 5) is 12.0. The highest BCUT2D eigenvalue weighted by molar-refractivity contribution is 7.00. The van der Waals surface area contributed by atoms with Gasteiger partial charge in [0.2, 0.25) is 5.91 Å². The minimum atomic E-state index is -0.0676. The molecule has 1 aliphatic rings. The van der Waals surface area contributed by atoms with Gasteiger partial charge in [0.1, 0.15) is 16.8 Å². The van der Waals surface area contributed by atoms with E-state index in [0.29, 0.717) is 6.42 Å². The molecule has 5 nitrogen and oxygen atoms in total. The summed E-state index contributed by atoms with van der Waals surface area (Å²) in [6, 6.07) is 10.7. The molecule has 0 radical (unpaired) electrons.